The number of nitrogens with one attached hydrogen (secondary N) is 1. The van der Waals surface area contributed by atoms with Crippen LogP contribution in [0.3, 0.4) is 0 Å². The molecule has 94 valence electrons. The van der Waals surface area contributed by atoms with Crippen molar-refractivity contribution in [3.8, 4) is 0 Å². The maximum Gasteiger partial charge on any atom is 0.224 e. The van der Waals surface area contributed by atoms with E-state index in [2.05, 4.69) is 5.32 Å². The predicted octanol–water partition coefficient (Wildman–Crippen LogP) is 2.42. The molecule has 0 saturated heterocycles. The zero-order chi connectivity index (χ0) is 12.8. The summed E-state index contributed by atoms with van der Waals surface area (Å²) in [7, 11) is 0. The van der Waals surface area contributed by atoms with E-state index in [0.717, 1.165) is 18.6 Å². The van der Waals surface area contributed by atoms with Crippen molar-refractivity contribution in [1.29, 1.82) is 0 Å². The zero-order valence-corrected chi connectivity index (χ0v) is 9.67. The molecule has 17 heavy (non-hydrogen) atoms. The molecule has 5 heteroatoms. The largest absolute Gasteiger partial charge is 0.328 e. The molecule has 0 fully saturated rings. The van der Waals surface area contributed by atoms with Gasteiger partial charge in [-0.25, -0.2) is 8.78 Å². The van der Waals surface area contributed by atoms with Crippen LogP contribution in [0.1, 0.15) is 26.2 Å². The van der Waals surface area contributed by atoms with Gasteiger partial charge >= 0.3 is 0 Å². The van der Waals surface area contributed by atoms with Gasteiger partial charge in [0.1, 0.15) is 0 Å². The Hall–Kier alpha value is -1.49. The monoisotopic (exact) mass is 242 g/mol. The van der Waals surface area contributed by atoms with Crippen molar-refractivity contribution in [3.05, 3.63) is 29.8 Å². The van der Waals surface area contributed by atoms with Gasteiger partial charge in [0.2, 0.25) is 5.91 Å². The van der Waals surface area contributed by atoms with Crippen molar-refractivity contribution in [1.82, 2.24) is 0 Å². The Morgan fingerprint density at radius 1 is 1.41 bits per heavy atom. The summed E-state index contributed by atoms with van der Waals surface area (Å²) in [6.07, 6.45) is 1.75. The van der Waals surface area contributed by atoms with Crippen LogP contribution in [0.25, 0.3) is 0 Å². The molecule has 3 N–H and O–H groups in total. The minimum Gasteiger partial charge on any atom is -0.328 e. The SMILES string of the molecule is CC(N)CCCC(=O)Nc1ccc(F)c(F)c1. The maximum atomic E-state index is 12.8. The van der Waals surface area contributed by atoms with Crippen molar-refractivity contribution in [2.45, 2.75) is 32.2 Å². The minimum absolute atomic E-state index is 0.0612. The summed E-state index contributed by atoms with van der Waals surface area (Å²) in [5.74, 6) is -2.13. The Labute approximate surface area is 99.0 Å². The van der Waals surface area contributed by atoms with Gasteiger partial charge in [-0.1, -0.05) is 0 Å². The highest BCUT2D eigenvalue weighted by Gasteiger charge is 2.06. The average Bonchev–Trinajstić information content (AvgIpc) is 2.23. The first-order valence-electron chi connectivity index (χ1n) is 5.49. The average molecular weight is 242 g/mol. The number of rotatable bonds is 5. The van der Waals surface area contributed by atoms with Gasteiger partial charge in [0, 0.05) is 24.2 Å². The summed E-state index contributed by atoms with van der Waals surface area (Å²) >= 11 is 0. The fourth-order valence-electron chi connectivity index (χ4n) is 1.38. The Bertz CT molecular complexity index is 394. The third-order valence-corrected chi connectivity index (χ3v) is 2.27. The highest BCUT2D eigenvalue weighted by Crippen LogP contribution is 2.13. The first-order valence-corrected chi connectivity index (χ1v) is 5.49. The molecule has 0 radical (unpaired) electrons. The molecule has 0 aliphatic carbocycles. The molecule has 0 spiro atoms. The fourth-order valence-corrected chi connectivity index (χ4v) is 1.38. The quantitative estimate of drug-likeness (QED) is 0.833. The number of halogens is 2. The Balaban J connectivity index is 2.42. The molecule has 1 aromatic rings. The van der Waals surface area contributed by atoms with E-state index in [1.807, 2.05) is 6.92 Å². The molecule has 0 saturated carbocycles. The summed E-state index contributed by atoms with van der Waals surface area (Å²) in [4.78, 5) is 11.4. The van der Waals surface area contributed by atoms with E-state index in [-0.39, 0.29) is 17.6 Å². The second kappa shape index (κ2) is 6.30. The molecule has 0 aromatic heterocycles. The van der Waals surface area contributed by atoms with Crippen LogP contribution in [0.4, 0.5) is 14.5 Å². The number of hydrogen-bond acceptors (Lipinski definition) is 2. The summed E-state index contributed by atoms with van der Waals surface area (Å²) < 4.78 is 25.5. The molecular formula is C12H16F2N2O. The number of benzene rings is 1. The normalized spacial score (nSPS) is 12.2. The van der Waals surface area contributed by atoms with Crippen molar-refractivity contribution in [2.75, 3.05) is 5.32 Å². The van der Waals surface area contributed by atoms with Gasteiger partial charge in [-0.05, 0) is 31.9 Å². The van der Waals surface area contributed by atoms with Gasteiger partial charge in [-0.15, -0.1) is 0 Å². The van der Waals surface area contributed by atoms with Crippen LogP contribution in [0, 0.1) is 11.6 Å². The number of amides is 1. The third-order valence-electron chi connectivity index (χ3n) is 2.27. The van der Waals surface area contributed by atoms with Gasteiger partial charge in [0.15, 0.2) is 11.6 Å². The lowest BCUT2D eigenvalue weighted by Gasteiger charge is -2.06. The van der Waals surface area contributed by atoms with Crippen molar-refractivity contribution >= 4 is 11.6 Å². The van der Waals surface area contributed by atoms with Crippen LogP contribution in [-0.4, -0.2) is 11.9 Å². The number of carbonyl (C=O) groups excluding carboxylic acids is 1. The lowest BCUT2D eigenvalue weighted by molar-refractivity contribution is -0.116. The van der Waals surface area contributed by atoms with Crippen molar-refractivity contribution < 1.29 is 13.6 Å². The van der Waals surface area contributed by atoms with Crippen LogP contribution < -0.4 is 11.1 Å². The molecule has 0 aliphatic rings. The van der Waals surface area contributed by atoms with Gasteiger partial charge in [-0.2, -0.15) is 0 Å². The first-order chi connectivity index (χ1) is 7.99. The smallest absolute Gasteiger partial charge is 0.224 e. The molecule has 0 bridgehead atoms. The van der Waals surface area contributed by atoms with Gasteiger partial charge < -0.3 is 11.1 Å². The molecule has 0 heterocycles. The maximum absolute atomic E-state index is 12.8. The molecule has 1 amide bonds. The zero-order valence-electron chi connectivity index (χ0n) is 9.67. The summed E-state index contributed by atoms with van der Waals surface area (Å²) in [6.45, 7) is 1.87. The van der Waals surface area contributed by atoms with E-state index >= 15 is 0 Å². The standard InChI is InChI=1S/C12H16F2N2O/c1-8(15)3-2-4-12(17)16-9-5-6-10(13)11(14)7-9/h5-8H,2-4,15H2,1H3,(H,16,17). The molecule has 1 unspecified atom stereocenters. The number of anilines is 1. The fraction of sp³-hybridized carbons (Fsp3) is 0.417. The van der Waals surface area contributed by atoms with E-state index in [4.69, 9.17) is 5.73 Å². The van der Waals surface area contributed by atoms with Crippen LogP contribution in [0.5, 0.6) is 0 Å². The first kappa shape index (κ1) is 13.6. The van der Waals surface area contributed by atoms with E-state index in [1.54, 1.807) is 0 Å². The minimum atomic E-state index is -0.974. The molecular weight excluding hydrogens is 226 g/mol. The van der Waals surface area contributed by atoms with Gasteiger partial charge in [-0.3, -0.25) is 4.79 Å². The molecule has 1 rings (SSSR count). The third kappa shape index (κ3) is 4.91. The molecule has 3 nitrogen and oxygen atoms in total. The number of carbonyl (C=O) groups is 1. The summed E-state index contributed by atoms with van der Waals surface area (Å²) in [5, 5.41) is 2.50. The Morgan fingerprint density at radius 2 is 2.12 bits per heavy atom. The van der Waals surface area contributed by atoms with Crippen LogP contribution >= 0.6 is 0 Å². The molecule has 0 aliphatic heterocycles. The van der Waals surface area contributed by atoms with E-state index in [9.17, 15) is 13.6 Å². The van der Waals surface area contributed by atoms with E-state index < -0.39 is 11.6 Å². The Morgan fingerprint density at radius 3 is 2.71 bits per heavy atom. The lowest BCUT2D eigenvalue weighted by atomic mass is 10.1. The van der Waals surface area contributed by atoms with E-state index in [0.29, 0.717) is 12.8 Å². The topological polar surface area (TPSA) is 55.1 Å². The second-order valence-electron chi connectivity index (χ2n) is 4.05. The predicted molar refractivity (Wildman–Crippen MR) is 62.5 cm³/mol. The number of hydrogen-bond donors (Lipinski definition) is 2. The second-order valence-corrected chi connectivity index (χ2v) is 4.05. The highest BCUT2D eigenvalue weighted by molar-refractivity contribution is 5.90. The summed E-state index contributed by atoms with van der Waals surface area (Å²) in [6, 6.07) is 3.32. The van der Waals surface area contributed by atoms with Gasteiger partial charge in [0.25, 0.3) is 0 Å². The number of nitrogens with two attached hydrogens (primary N) is 1. The highest BCUT2D eigenvalue weighted by atomic mass is 19.2. The van der Waals surface area contributed by atoms with Crippen LogP contribution in [0.15, 0.2) is 18.2 Å². The molecule has 1 aromatic carbocycles. The Kier molecular flexibility index (Phi) is 5.03. The van der Waals surface area contributed by atoms with Crippen molar-refractivity contribution in [2.24, 2.45) is 5.73 Å². The molecule has 1 atom stereocenters. The lowest BCUT2D eigenvalue weighted by Crippen LogP contribution is -2.16. The van der Waals surface area contributed by atoms with E-state index in [1.165, 1.54) is 6.07 Å². The van der Waals surface area contributed by atoms with Gasteiger partial charge in [0.05, 0.1) is 0 Å². The van der Waals surface area contributed by atoms with Crippen LogP contribution in [-0.2, 0) is 4.79 Å². The van der Waals surface area contributed by atoms with Crippen molar-refractivity contribution in [3.63, 3.8) is 0 Å². The summed E-state index contributed by atoms with van der Waals surface area (Å²) in [5.41, 5.74) is 5.80. The van der Waals surface area contributed by atoms with Crippen LogP contribution in [0.2, 0.25) is 0 Å².